The molecule has 0 heterocycles. The molecule has 0 aliphatic heterocycles. The highest BCUT2D eigenvalue weighted by atomic mass is 16.2. The van der Waals surface area contributed by atoms with Gasteiger partial charge < -0.3 is 4.90 Å². The molecule has 4 nitrogen and oxygen atoms in total. The molecule has 0 rings (SSSR count). The van der Waals surface area contributed by atoms with Crippen LogP contribution >= 0.6 is 0 Å². The largest absolute Gasteiger partial charge is 0.346 e. The maximum absolute atomic E-state index is 10.6. The summed E-state index contributed by atoms with van der Waals surface area (Å²) in [6.07, 6.45) is 0.816. The van der Waals surface area contributed by atoms with Crippen molar-refractivity contribution in [3.05, 3.63) is 0 Å². The van der Waals surface area contributed by atoms with Gasteiger partial charge in [-0.3, -0.25) is 15.3 Å². The minimum Gasteiger partial charge on any atom is -0.346 e. The Bertz CT molecular complexity index is 157. The molecule has 0 aromatic carbocycles. The van der Waals surface area contributed by atoms with Gasteiger partial charge in [0.15, 0.2) is 0 Å². The number of amides is 2. The van der Waals surface area contributed by atoms with Crippen LogP contribution in [-0.4, -0.2) is 30.3 Å². The van der Waals surface area contributed by atoms with E-state index in [0.29, 0.717) is 13.0 Å². The Morgan fingerprint density at radius 3 is 2.36 bits per heavy atom. The van der Waals surface area contributed by atoms with E-state index in [1.54, 1.807) is 7.05 Å². The van der Waals surface area contributed by atoms with E-state index in [1.807, 2.05) is 0 Å². The van der Waals surface area contributed by atoms with Crippen molar-refractivity contribution >= 4 is 11.8 Å². The molecule has 11 heavy (non-hydrogen) atoms. The second-order valence-electron chi connectivity index (χ2n) is 2.47. The SMILES string of the molecule is CC(=O)N(C)CCCC([NH])=O. The van der Waals surface area contributed by atoms with Gasteiger partial charge in [0.05, 0.1) is 0 Å². The highest BCUT2D eigenvalue weighted by Crippen LogP contribution is 1.92. The zero-order chi connectivity index (χ0) is 8.85. The van der Waals surface area contributed by atoms with Gasteiger partial charge in [0.2, 0.25) is 11.8 Å². The van der Waals surface area contributed by atoms with Crippen LogP contribution < -0.4 is 5.73 Å². The molecular weight excluding hydrogens is 144 g/mol. The summed E-state index contributed by atoms with van der Waals surface area (Å²) in [7, 11) is 1.68. The van der Waals surface area contributed by atoms with E-state index in [2.05, 4.69) is 0 Å². The van der Waals surface area contributed by atoms with E-state index in [9.17, 15) is 9.59 Å². The summed E-state index contributed by atoms with van der Waals surface area (Å²) in [6, 6.07) is 0. The molecule has 1 radical (unpaired) electrons. The molecule has 0 atom stereocenters. The van der Waals surface area contributed by atoms with Crippen molar-refractivity contribution < 1.29 is 9.59 Å². The van der Waals surface area contributed by atoms with E-state index >= 15 is 0 Å². The van der Waals surface area contributed by atoms with Crippen molar-refractivity contribution in [2.45, 2.75) is 19.8 Å². The Labute approximate surface area is 66.4 Å². The smallest absolute Gasteiger partial charge is 0.238 e. The van der Waals surface area contributed by atoms with Gasteiger partial charge in [-0.15, -0.1) is 0 Å². The van der Waals surface area contributed by atoms with Crippen molar-refractivity contribution in [3.8, 4) is 0 Å². The molecule has 4 heteroatoms. The summed E-state index contributed by atoms with van der Waals surface area (Å²) in [4.78, 5) is 22.3. The third kappa shape index (κ3) is 5.39. The van der Waals surface area contributed by atoms with Gasteiger partial charge in [0, 0.05) is 26.9 Å². The third-order valence-electron chi connectivity index (χ3n) is 1.43. The molecule has 0 bridgehead atoms. The number of nitrogens with zero attached hydrogens (tertiary/aromatic N) is 1. The Morgan fingerprint density at radius 1 is 1.45 bits per heavy atom. The van der Waals surface area contributed by atoms with Crippen LogP contribution in [0.4, 0.5) is 0 Å². The first-order valence-corrected chi connectivity index (χ1v) is 3.50. The van der Waals surface area contributed by atoms with Crippen molar-refractivity contribution in [1.82, 2.24) is 10.6 Å². The van der Waals surface area contributed by atoms with Crippen LogP contribution in [0.25, 0.3) is 0 Å². The molecule has 0 saturated carbocycles. The Hall–Kier alpha value is -1.06. The standard InChI is InChI=1S/C7H13N2O2/c1-6(10)9(2)5-3-4-7(8)11/h8H,3-5H2,1-2H3. The average molecular weight is 157 g/mol. The molecule has 0 fully saturated rings. The average Bonchev–Trinajstić information content (AvgIpc) is 1.86. The van der Waals surface area contributed by atoms with Gasteiger partial charge in [0.25, 0.3) is 0 Å². The van der Waals surface area contributed by atoms with E-state index in [4.69, 9.17) is 5.73 Å². The van der Waals surface area contributed by atoms with Crippen molar-refractivity contribution in [2.24, 2.45) is 0 Å². The number of carbonyl (C=O) groups excluding carboxylic acids is 2. The zero-order valence-corrected chi connectivity index (χ0v) is 6.89. The zero-order valence-electron chi connectivity index (χ0n) is 6.89. The summed E-state index contributed by atoms with van der Waals surface area (Å²) in [5.74, 6) is -0.579. The lowest BCUT2D eigenvalue weighted by molar-refractivity contribution is -0.128. The van der Waals surface area contributed by atoms with Gasteiger partial charge >= 0.3 is 0 Å². The lowest BCUT2D eigenvalue weighted by atomic mass is 10.3. The minimum absolute atomic E-state index is 0.0116. The van der Waals surface area contributed by atoms with Crippen LogP contribution in [0.3, 0.4) is 0 Å². The van der Waals surface area contributed by atoms with Crippen LogP contribution in [0, 0.1) is 0 Å². The van der Waals surface area contributed by atoms with Crippen LogP contribution in [0.5, 0.6) is 0 Å². The first-order valence-electron chi connectivity index (χ1n) is 3.50. The quantitative estimate of drug-likeness (QED) is 0.579. The molecule has 0 aliphatic rings. The molecule has 1 N–H and O–H groups in total. The first-order chi connectivity index (χ1) is 5.04. The first kappa shape index (κ1) is 9.94. The van der Waals surface area contributed by atoms with E-state index < -0.39 is 5.91 Å². The normalized spacial score (nSPS) is 9.27. The third-order valence-corrected chi connectivity index (χ3v) is 1.43. The Balaban J connectivity index is 3.39. The topological polar surface area (TPSA) is 61.2 Å². The Morgan fingerprint density at radius 2 is 2.00 bits per heavy atom. The van der Waals surface area contributed by atoms with Crippen molar-refractivity contribution in [3.63, 3.8) is 0 Å². The van der Waals surface area contributed by atoms with Gasteiger partial charge in [-0.25, -0.2) is 0 Å². The molecule has 0 unspecified atom stereocenters. The predicted molar refractivity (Wildman–Crippen MR) is 40.6 cm³/mol. The number of nitrogens with one attached hydrogen (secondary N) is 1. The fourth-order valence-corrected chi connectivity index (χ4v) is 0.634. The Kier molecular flexibility index (Phi) is 4.26. The fourth-order valence-electron chi connectivity index (χ4n) is 0.634. The number of hydrogen-bond acceptors (Lipinski definition) is 2. The van der Waals surface area contributed by atoms with E-state index in [1.165, 1.54) is 11.8 Å². The molecule has 0 aromatic rings. The van der Waals surface area contributed by atoms with E-state index in [0.717, 1.165) is 0 Å². The molecular formula is C7H13N2O2. The fraction of sp³-hybridized carbons (Fsp3) is 0.714. The molecule has 0 aliphatic carbocycles. The van der Waals surface area contributed by atoms with Crippen LogP contribution in [-0.2, 0) is 9.59 Å². The second kappa shape index (κ2) is 4.71. The van der Waals surface area contributed by atoms with Crippen LogP contribution in [0.2, 0.25) is 0 Å². The molecule has 0 spiro atoms. The van der Waals surface area contributed by atoms with Crippen molar-refractivity contribution in [1.29, 1.82) is 0 Å². The van der Waals surface area contributed by atoms with Crippen LogP contribution in [0.1, 0.15) is 19.8 Å². The van der Waals surface area contributed by atoms with Crippen LogP contribution in [0.15, 0.2) is 0 Å². The maximum atomic E-state index is 10.6. The number of carbonyl (C=O) groups is 2. The minimum atomic E-state index is -0.568. The summed E-state index contributed by atoms with van der Waals surface area (Å²) < 4.78 is 0. The van der Waals surface area contributed by atoms with E-state index in [-0.39, 0.29) is 12.3 Å². The molecule has 0 aromatic heterocycles. The summed E-state index contributed by atoms with van der Waals surface area (Å²) in [6.45, 7) is 2.03. The monoisotopic (exact) mass is 157 g/mol. The number of rotatable bonds is 4. The second-order valence-corrected chi connectivity index (χ2v) is 2.47. The summed E-state index contributed by atoms with van der Waals surface area (Å²) >= 11 is 0. The maximum Gasteiger partial charge on any atom is 0.238 e. The van der Waals surface area contributed by atoms with Gasteiger partial charge in [0.1, 0.15) is 0 Å². The molecule has 63 valence electrons. The summed E-state index contributed by atoms with van der Waals surface area (Å²) in [5, 5.41) is 0. The summed E-state index contributed by atoms with van der Waals surface area (Å²) in [5.41, 5.74) is 6.59. The van der Waals surface area contributed by atoms with Gasteiger partial charge in [-0.2, -0.15) is 0 Å². The lowest BCUT2D eigenvalue weighted by Crippen LogP contribution is -2.25. The lowest BCUT2D eigenvalue weighted by Gasteiger charge is -2.12. The number of hydrogen-bond donors (Lipinski definition) is 0. The van der Waals surface area contributed by atoms with Crippen molar-refractivity contribution in [2.75, 3.05) is 13.6 Å². The predicted octanol–water partition coefficient (Wildman–Crippen LogP) is 0.0544. The van der Waals surface area contributed by atoms with Gasteiger partial charge in [-0.1, -0.05) is 0 Å². The van der Waals surface area contributed by atoms with Gasteiger partial charge in [-0.05, 0) is 6.42 Å². The molecule has 0 saturated heterocycles. The highest BCUT2D eigenvalue weighted by Gasteiger charge is 2.02. The highest BCUT2D eigenvalue weighted by molar-refractivity contribution is 5.74. The molecule has 2 amide bonds.